The van der Waals surface area contributed by atoms with Crippen molar-refractivity contribution in [1.29, 1.82) is 0 Å². The number of fused-ring (bicyclic) bond motifs is 1. The predicted molar refractivity (Wildman–Crippen MR) is 125 cm³/mol. The van der Waals surface area contributed by atoms with Gasteiger partial charge in [0.15, 0.2) is 0 Å². The molecule has 0 aliphatic rings. The van der Waals surface area contributed by atoms with E-state index >= 15 is 0 Å². The van der Waals surface area contributed by atoms with Gasteiger partial charge in [-0.25, -0.2) is 15.2 Å². The Morgan fingerprint density at radius 2 is 1.69 bits per heavy atom. The Kier molecular flexibility index (Phi) is 6.03. The highest BCUT2D eigenvalue weighted by Crippen LogP contribution is 2.25. The van der Waals surface area contributed by atoms with Gasteiger partial charge in [-0.2, -0.15) is 5.10 Å². The molecule has 0 radical (unpaired) electrons. The predicted octanol–water partition coefficient (Wildman–Crippen LogP) is 4.76. The third kappa shape index (κ3) is 4.54. The second-order valence-corrected chi connectivity index (χ2v) is 7.25. The van der Waals surface area contributed by atoms with Crippen LogP contribution in [0.1, 0.15) is 31.8 Å². The number of amides is 1. The zero-order valence-corrected chi connectivity index (χ0v) is 17.7. The molecule has 0 unspecified atom stereocenters. The van der Waals surface area contributed by atoms with Crippen LogP contribution in [0.3, 0.4) is 0 Å². The molecular weight excluding hydrogens is 402 g/mol. The van der Waals surface area contributed by atoms with Gasteiger partial charge in [-0.15, -0.1) is 0 Å². The van der Waals surface area contributed by atoms with Crippen LogP contribution >= 0.6 is 0 Å². The van der Waals surface area contributed by atoms with Gasteiger partial charge in [0.05, 0.1) is 35.7 Å². The number of hydrogen-bond donors (Lipinski definition) is 1. The molecule has 1 aromatic heterocycles. The molecule has 6 heteroatoms. The number of pyridine rings is 1. The standard InChI is InChI=1S/C26H21N3O3/c1-17-7-11-19(12-8-17)24-15-22(21-5-3-4-6-23(21)28-24)25(30)29-27-16-18-9-13-20(14-10-18)26(31)32-2/h3-16H,1-2H3,(H,29,30)/b27-16+. The third-order valence-electron chi connectivity index (χ3n) is 5.02. The van der Waals surface area contributed by atoms with Gasteiger partial charge in [0.2, 0.25) is 0 Å². The minimum Gasteiger partial charge on any atom is -0.465 e. The SMILES string of the molecule is COC(=O)c1ccc(/C=N/NC(=O)c2cc(-c3ccc(C)cc3)nc3ccccc23)cc1. The van der Waals surface area contributed by atoms with E-state index in [1.807, 2.05) is 55.5 Å². The summed E-state index contributed by atoms with van der Waals surface area (Å²) in [6.07, 6.45) is 1.52. The number of aryl methyl sites for hydroxylation is 1. The van der Waals surface area contributed by atoms with E-state index in [0.29, 0.717) is 11.1 Å². The highest BCUT2D eigenvalue weighted by atomic mass is 16.5. The van der Waals surface area contributed by atoms with E-state index in [2.05, 4.69) is 15.3 Å². The molecule has 1 N–H and O–H groups in total. The van der Waals surface area contributed by atoms with Crippen LogP contribution in [0.5, 0.6) is 0 Å². The van der Waals surface area contributed by atoms with E-state index in [1.54, 1.807) is 30.3 Å². The molecule has 4 aromatic rings. The molecule has 0 atom stereocenters. The van der Waals surface area contributed by atoms with E-state index in [0.717, 1.165) is 33.3 Å². The van der Waals surface area contributed by atoms with Crippen LogP contribution in [0.25, 0.3) is 22.2 Å². The van der Waals surface area contributed by atoms with Gasteiger partial charge in [-0.3, -0.25) is 4.79 Å². The molecule has 0 aliphatic carbocycles. The Labute approximate surface area is 185 Å². The van der Waals surface area contributed by atoms with Gasteiger partial charge < -0.3 is 4.74 Å². The van der Waals surface area contributed by atoms with Gasteiger partial charge in [0.25, 0.3) is 5.91 Å². The number of nitrogens with one attached hydrogen (secondary N) is 1. The number of nitrogens with zero attached hydrogens (tertiary/aromatic N) is 2. The smallest absolute Gasteiger partial charge is 0.337 e. The fourth-order valence-corrected chi connectivity index (χ4v) is 3.28. The van der Waals surface area contributed by atoms with E-state index in [-0.39, 0.29) is 5.91 Å². The van der Waals surface area contributed by atoms with Gasteiger partial charge >= 0.3 is 5.97 Å². The molecule has 0 spiro atoms. The number of esters is 1. The molecule has 0 bridgehead atoms. The fourth-order valence-electron chi connectivity index (χ4n) is 3.28. The van der Waals surface area contributed by atoms with Gasteiger partial charge in [0, 0.05) is 10.9 Å². The maximum absolute atomic E-state index is 13.0. The third-order valence-corrected chi connectivity index (χ3v) is 5.02. The fraction of sp³-hybridized carbons (Fsp3) is 0.0769. The van der Waals surface area contributed by atoms with Crippen molar-refractivity contribution in [3.8, 4) is 11.3 Å². The number of hydrazone groups is 1. The summed E-state index contributed by atoms with van der Waals surface area (Å²) in [4.78, 5) is 29.2. The molecule has 3 aromatic carbocycles. The lowest BCUT2D eigenvalue weighted by atomic mass is 10.0. The summed E-state index contributed by atoms with van der Waals surface area (Å²) in [7, 11) is 1.33. The van der Waals surface area contributed by atoms with Crippen molar-refractivity contribution < 1.29 is 14.3 Å². The molecule has 0 aliphatic heterocycles. The van der Waals surface area contributed by atoms with Crippen molar-refractivity contribution in [1.82, 2.24) is 10.4 Å². The number of rotatable bonds is 5. The van der Waals surface area contributed by atoms with E-state index in [4.69, 9.17) is 4.98 Å². The number of carbonyl (C=O) groups excluding carboxylic acids is 2. The first-order valence-electron chi connectivity index (χ1n) is 10.0. The van der Waals surface area contributed by atoms with Crippen LogP contribution in [-0.2, 0) is 4.74 Å². The number of carbonyl (C=O) groups is 2. The van der Waals surface area contributed by atoms with Crippen LogP contribution in [0.2, 0.25) is 0 Å². The quantitative estimate of drug-likeness (QED) is 0.285. The molecule has 1 heterocycles. The highest BCUT2D eigenvalue weighted by Gasteiger charge is 2.13. The molecule has 158 valence electrons. The first kappa shape index (κ1) is 20.9. The van der Waals surface area contributed by atoms with Crippen molar-refractivity contribution in [2.75, 3.05) is 7.11 Å². The molecule has 6 nitrogen and oxygen atoms in total. The average molecular weight is 423 g/mol. The van der Waals surface area contributed by atoms with Crippen LogP contribution in [0, 0.1) is 6.92 Å². The highest BCUT2D eigenvalue weighted by molar-refractivity contribution is 6.07. The summed E-state index contributed by atoms with van der Waals surface area (Å²) < 4.78 is 4.69. The summed E-state index contributed by atoms with van der Waals surface area (Å²) >= 11 is 0. The van der Waals surface area contributed by atoms with Gasteiger partial charge in [-0.1, -0.05) is 60.2 Å². The van der Waals surface area contributed by atoms with E-state index < -0.39 is 5.97 Å². The Morgan fingerprint density at radius 3 is 2.41 bits per heavy atom. The summed E-state index contributed by atoms with van der Waals surface area (Å²) in [5.74, 6) is -0.741. The van der Waals surface area contributed by atoms with Crippen molar-refractivity contribution in [3.63, 3.8) is 0 Å². The lowest BCUT2D eigenvalue weighted by Gasteiger charge is -2.09. The molecule has 0 fully saturated rings. The lowest BCUT2D eigenvalue weighted by Crippen LogP contribution is -2.18. The number of methoxy groups -OCH3 is 1. The van der Waals surface area contributed by atoms with Crippen LogP contribution in [0.4, 0.5) is 0 Å². The molecule has 4 rings (SSSR count). The molecular formula is C26H21N3O3. The zero-order valence-electron chi connectivity index (χ0n) is 17.7. The number of benzene rings is 3. The minimum atomic E-state index is -0.407. The number of para-hydroxylation sites is 1. The summed E-state index contributed by atoms with van der Waals surface area (Å²) in [5.41, 5.74) is 7.80. The van der Waals surface area contributed by atoms with Crippen LogP contribution in [0.15, 0.2) is 84.0 Å². The zero-order chi connectivity index (χ0) is 22.5. The summed E-state index contributed by atoms with van der Waals surface area (Å²) in [5, 5.41) is 4.82. The van der Waals surface area contributed by atoms with E-state index in [1.165, 1.54) is 13.3 Å². The minimum absolute atomic E-state index is 0.334. The Hall–Kier alpha value is -4.32. The van der Waals surface area contributed by atoms with E-state index in [9.17, 15) is 9.59 Å². The maximum atomic E-state index is 13.0. The Bertz CT molecular complexity index is 1310. The first-order chi connectivity index (χ1) is 15.5. The molecule has 1 amide bonds. The summed E-state index contributed by atoms with van der Waals surface area (Å²) in [6.45, 7) is 2.03. The topological polar surface area (TPSA) is 80.6 Å². The molecule has 0 saturated carbocycles. The summed E-state index contributed by atoms with van der Waals surface area (Å²) in [6, 6.07) is 24.0. The van der Waals surface area contributed by atoms with Gasteiger partial charge in [0.1, 0.15) is 0 Å². The van der Waals surface area contributed by atoms with Gasteiger partial charge in [-0.05, 0) is 36.8 Å². The number of aromatic nitrogens is 1. The van der Waals surface area contributed by atoms with Crippen LogP contribution in [-0.4, -0.2) is 30.2 Å². The Balaban J connectivity index is 1.59. The second kappa shape index (κ2) is 9.22. The van der Waals surface area contributed by atoms with Crippen molar-refractivity contribution in [2.24, 2.45) is 5.10 Å². The average Bonchev–Trinajstić information content (AvgIpc) is 2.83. The number of hydrogen-bond acceptors (Lipinski definition) is 5. The van der Waals surface area contributed by atoms with Crippen molar-refractivity contribution >= 4 is 29.0 Å². The van der Waals surface area contributed by atoms with Crippen molar-refractivity contribution in [2.45, 2.75) is 6.92 Å². The Morgan fingerprint density at radius 1 is 0.969 bits per heavy atom. The monoisotopic (exact) mass is 423 g/mol. The number of ether oxygens (including phenoxy) is 1. The second-order valence-electron chi connectivity index (χ2n) is 7.25. The first-order valence-corrected chi connectivity index (χ1v) is 10.0. The lowest BCUT2D eigenvalue weighted by molar-refractivity contribution is 0.0600. The maximum Gasteiger partial charge on any atom is 0.337 e. The van der Waals surface area contributed by atoms with Crippen LogP contribution < -0.4 is 5.43 Å². The largest absolute Gasteiger partial charge is 0.465 e. The molecule has 32 heavy (non-hydrogen) atoms. The molecule has 0 saturated heterocycles. The van der Waals surface area contributed by atoms with Crippen molar-refractivity contribution in [3.05, 3.63) is 101 Å². The normalized spacial score (nSPS) is 10.9.